The van der Waals surface area contributed by atoms with Crippen LogP contribution in [0.4, 0.5) is 5.69 Å². The van der Waals surface area contributed by atoms with Crippen molar-refractivity contribution in [1.29, 1.82) is 0 Å². The summed E-state index contributed by atoms with van der Waals surface area (Å²) in [7, 11) is 0. The molecule has 104 valence electrons. The molecule has 1 aromatic heterocycles. The Kier molecular flexibility index (Phi) is 4.92. The van der Waals surface area contributed by atoms with E-state index in [1.165, 1.54) is 11.3 Å². The van der Waals surface area contributed by atoms with Gasteiger partial charge in [-0.05, 0) is 42.1 Å². The minimum Gasteiger partial charge on any atom is -0.451 e. The molecule has 0 unspecified atom stereocenters. The van der Waals surface area contributed by atoms with Crippen LogP contribution >= 0.6 is 27.3 Å². The van der Waals surface area contributed by atoms with Crippen LogP contribution in [0.15, 0.2) is 40.2 Å². The molecule has 1 N–H and O–H groups in total. The van der Waals surface area contributed by atoms with Crippen molar-refractivity contribution in [3.05, 3.63) is 50.6 Å². The number of ether oxygens (including phenoxy) is 1. The Morgan fingerprint density at radius 3 is 2.80 bits per heavy atom. The second-order valence-electron chi connectivity index (χ2n) is 4.07. The Morgan fingerprint density at radius 2 is 2.15 bits per heavy atom. The fraction of sp³-hybridized carbons (Fsp3) is 0.143. The SMILES string of the molecule is Cc1cc(NC(=O)COC(=O)c2cccs2)ccc1Br. The van der Waals surface area contributed by atoms with Crippen LogP contribution in [0, 0.1) is 6.92 Å². The van der Waals surface area contributed by atoms with Crippen LogP contribution in [-0.4, -0.2) is 18.5 Å². The van der Waals surface area contributed by atoms with Crippen LogP contribution in [-0.2, 0) is 9.53 Å². The van der Waals surface area contributed by atoms with Crippen LogP contribution in [0.3, 0.4) is 0 Å². The lowest BCUT2D eigenvalue weighted by atomic mass is 10.2. The highest BCUT2D eigenvalue weighted by Gasteiger charge is 2.11. The van der Waals surface area contributed by atoms with Gasteiger partial charge >= 0.3 is 5.97 Å². The molecule has 0 aliphatic heterocycles. The standard InChI is InChI=1S/C14H12BrNO3S/c1-9-7-10(4-5-11(9)15)16-13(17)8-19-14(18)12-3-2-6-20-12/h2-7H,8H2,1H3,(H,16,17). The zero-order chi connectivity index (χ0) is 14.5. The maximum atomic E-state index is 11.7. The number of anilines is 1. The maximum Gasteiger partial charge on any atom is 0.348 e. The molecule has 2 aromatic rings. The highest BCUT2D eigenvalue weighted by atomic mass is 79.9. The molecule has 1 amide bonds. The Morgan fingerprint density at radius 1 is 1.35 bits per heavy atom. The summed E-state index contributed by atoms with van der Waals surface area (Å²) in [5.74, 6) is -0.848. The van der Waals surface area contributed by atoms with Crippen LogP contribution in [0.2, 0.25) is 0 Å². The van der Waals surface area contributed by atoms with Crippen molar-refractivity contribution in [3.63, 3.8) is 0 Å². The van der Waals surface area contributed by atoms with E-state index >= 15 is 0 Å². The van der Waals surface area contributed by atoms with Crippen molar-refractivity contribution in [2.75, 3.05) is 11.9 Å². The van der Waals surface area contributed by atoms with Crippen molar-refractivity contribution in [3.8, 4) is 0 Å². The molecule has 1 aromatic carbocycles. The fourth-order valence-electron chi connectivity index (χ4n) is 1.52. The molecule has 1 heterocycles. The summed E-state index contributed by atoms with van der Waals surface area (Å²) in [6.07, 6.45) is 0. The summed E-state index contributed by atoms with van der Waals surface area (Å²) in [4.78, 5) is 23.7. The molecule has 0 fully saturated rings. The van der Waals surface area contributed by atoms with Gasteiger partial charge in [-0.3, -0.25) is 4.79 Å². The van der Waals surface area contributed by atoms with Gasteiger partial charge in [-0.25, -0.2) is 4.79 Å². The number of halogens is 1. The van der Waals surface area contributed by atoms with E-state index in [9.17, 15) is 9.59 Å². The first kappa shape index (κ1) is 14.7. The second kappa shape index (κ2) is 6.67. The van der Waals surface area contributed by atoms with Crippen LogP contribution in [0.5, 0.6) is 0 Å². The molecular weight excluding hydrogens is 342 g/mol. The topological polar surface area (TPSA) is 55.4 Å². The smallest absolute Gasteiger partial charge is 0.348 e. The third-order valence-electron chi connectivity index (χ3n) is 2.50. The first-order valence-electron chi connectivity index (χ1n) is 5.83. The number of aryl methyl sites for hydroxylation is 1. The molecule has 0 spiro atoms. The van der Waals surface area contributed by atoms with Gasteiger partial charge in [0.15, 0.2) is 6.61 Å². The van der Waals surface area contributed by atoms with Gasteiger partial charge in [-0.1, -0.05) is 22.0 Å². The molecule has 0 aliphatic carbocycles. The molecule has 0 atom stereocenters. The minimum atomic E-state index is -0.484. The van der Waals surface area contributed by atoms with Crippen molar-refractivity contribution >= 4 is 44.8 Å². The van der Waals surface area contributed by atoms with Crippen LogP contribution in [0.25, 0.3) is 0 Å². The molecule has 4 nitrogen and oxygen atoms in total. The number of thiophene rings is 1. The average Bonchev–Trinajstić information content (AvgIpc) is 2.94. The zero-order valence-corrected chi connectivity index (χ0v) is 13.1. The molecule has 0 aliphatic rings. The number of hydrogen-bond donors (Lipinski definition) is 1. The van der Waals surface area contributed by atoms with Gasteiger partial charge in [0, 0.05) is 10.2 Å². The van der Waals surface area contributed by atoms with Gasteiger partial charge in [0.25, 0.3) is 5.91 Å². The summed E-state index contributed by atoms with van der Waals surface area (Å²) in [6.45, 7) is 1.63. The molecule has 20 heavy (non-hydrogen) atoms. The van der Waals surface area contributed by atoms with Gasteiger partial charge in [-0.2, -0.15) is 0 Å². The molecule has 0 radical (unpaired) electrons. The third-order valence-corrected chi connectivity index (χ3v) is 4.24. The molecular formula is C14H12BrNO3S. The monoisotopic (exact) mass is 353 g/mol. The van der Waals surface area contributed by atoms with E-state index in [0.717, 1.165) is 10.0 Å². The normalized spacial score (nSPS) is 10.1. The Hall–Kier alpha value is -1.66. The highest BCUT2D eigenvalue weighted by molar-refractivity contribution is 9.10. The van der Waals surface area contributed by atoms with E-state index in [1.807, 2.05) is 19.1 Å². The number of amides is 1. The van der Waals surface area contributed by atoms with Crippen molar-refractivity contribution in [2.24, 2.45) is 0 Å². The molecule has 0 saturated carbocycles. The van der Waals surface area contributed by atoms with E-state index in [2.05, 4.69) is 21.2 Å². The molecule has 2 rings (SSSR count). The van der Waals surface area contributed by atoms with Crippen molar-refractivity contribution in [1.82, 2.24) is 0 Å². The molecule has 6 heteroatoms. The molecule has 0 saturated heterocycles. The number of nitrogens with one attached hydrogen (secondary N) is 1. The van der Waals surface area contributed by atoms with E-state index < -0.39 is 5.97 Å². The summed E-state index contributed by atoms with van der Waals surface area (Å²) in [6, 6.07) is 8.87. The number of benzene rings is 1. The van der Waals surface area contributed by atoms with Gasteiger partial charge < -0.3 is 10.1 Å². The predicted octanol–water partition coefficient (Wildman–Crippen LogP) is 3.61. The van der Waals surface area contributed by atoms with Crippen molar-refractivity contribution < 1.29 is 14.3 Å². The number of esters is 1. The summed E-state index contributed by atoms with van der Waals surface area (Å²) < 4.78 is 5.90. The number of carbonyl (C=O) groups is 2. The quantitative estimate of drug-likeness (QED) is 0.854. The summed E-state index contributed by atoms with van der Waals surface area (Å²) >= 11 is 4.67. The van der Waals surface area contributed by atoms with E-state index in [1.54, 1.807) is 23.6 Å². The van der Waals surface area contributed by atoms with Gasteiger partial charge in [0.2, 0.25) is 0 Å². The van der Waals surface area contributed by atoms with Gasteiger partial charge in [0.1, 0.15) is 4.88 Å². The van der Waals surface area contributed by atoms with Gasteiger partial charge in [0.05, 0.1) is 0 Å². The lowest BCUT2D eigenvalue weighted by Gasteiger charge is -2.07. The second-order valence-corrected chi connectivity index (χ2v) is 5.87. The van der Waals surface area contributed by atoms with E-state index in [-0.39, 0.29) is 12.5 Å². The zero-order valence-electron chi connectivity index (χ0n) is 10.7. The van der Waals surface area contributed by atoms with Gasteiger partial charge in [-0.15, -0.1) is 11.3 Å². The third kappa shape index (κ3) is 3.91. The first-order valence-corrected chi connectivity index (χ1v) is 7.50. The Labute approximate surface area is 128 Å². The van der Waals surface area contributed by atoms with Crippen molar-refractivity contribution in [2.45, 2.75) is 6.92 Å². The Bertz CT molecular complexity index is 625. The minimum absolute atomic E-state index is 0.300. The molecule has 0 bridgehead atoms. The number of rotatable bonds is 4. The summed E-state index contributed by atoms with van der Waals surface area (Å²) in [5.41, 5.74) is 1.68. The lowest BCUT2D eigenvalue weighted by Crippen LogP contribution is -2.20. The van der Waals surface area contributed by atoms with E-state index in [4.69, 9.17) is 4.74 Å². The maximum absolute atomic E-state index is 11.7. The first-order chi connectivity index (χ1) is 9.56. The van der Waals surface area contributed by atoms with Crippen LogP contribution in [0.1, 0.15) is 15.2 Å². The number of hydrogen-bond acceptors (Lipinski definition) is 4. The predicted molar refractivity (Wildman–Crippen MR) is 82.1 cm³/mol. The lowest BCUT2D eigenvalue weighted by molar-refractivity contribution is -0.119. The average molecular weight is 354 g/mol. The largest absolute Gasteiger partial charge is 0.451 e. The number of carbonyl (C=O) groups excluding carboxylic acids is 2. The highest BCUT2D eigenvalue weighted by Crippen LogP contribution is 2.19. The van der Waals surface area contributed by atoms with Crippen LogP contribution < -0.4 is 5.32 Å². The summed E-state index contributed by atoms with van der Waals surface area (Å²) in [5, 5.41) is 4.46. The Balaban J connectivity index is 1.86. The fourth-order valence-corrected chi connectivity index (χ4v) is 2.38. The van der Waals surface area contributed by atoms with E-state index in [0.29, 0.717) is 10.6 Å².